The number of piperidine rings is 2. The van der Waals surface area contributed by atoms with Gasteiger partial charge in [0.15, 0.2) is 5.78 Å². The van der Waals surface area contributed by atoms with Gasteiger partial charge in [0.2, 0.25) is 11.8 Å². The minimum atomic E-state index is -4.33. The fraction of sp³-hybridized carbons (Fsp3) is 0.432. The lowest BCUT2D eigenvalue weighted by molar-refractivity contribution is -0.136. The minimum absolute atomic E-state index is 0.0128. The van der Waals surface area contributed by atoms with E-state index in [0.29, 0.717) is 34.3 Å². The third-order valence-electron chi connectivity index (χ3n) is 13.1. The molecule has 6 heterocycles. The van der Waals surface area contributed by atoms with Gasteiger partial charge in [-0.05, 0) is 79.6 Å². The van der Waals surface area contributed by atoms with Crippen molar-refractivity contribution >= 4 is 50.4 Å². The first-order chi connectivity index (χ1) is 29.6. The van der Waals surface area contributed by atoms with E-state index in [9.17, 15) is 32.0 Å². The van der Waals surface area contributed by atoms with E-state index in [1.54, 1.807) is 24.4 Å². The Morgan fingerprint density at radius 2 is 1.76 bits per heavy atom. The fourth-order valence-electron chi connectivity index (χ4n) is 9.33. The van der Waals surface area contributed by atoms with Gasteiger partial charge in [-0.25, -0.2) is 18.2 Å². The standard InChI is InChI=1S/C44H46F3N7O7S/c1-24-17-35(51-62(59,60)53-16-11-28(45)23-53)39(46)38(44(24,2)47)40(56)34-21-49-41-33(34)19-26(20-48-41)25-3-5-29(6-4-25)52-14-12-30(13-15-52)61-31-7-8-32-27(18-31)22-54(43(32)58)36-9-10-37(55)50-42(36)57/h3-8,18-21,24,28,30,36,38,51H,9-17,22-23H2,1-2H3,(H,48,49)(H,50,55,57)/t24?,28-,36?,38?,44?/m1/s1. The molecule has 0 spiro atoms. The van der Waals surface area contributed by atoms with E-state index < -0.39 is 63.1 Å². The zero-order chi connectivity index (χ0) is 43.7. The number of aromatic nitrogens is 2. The van der Waals surface area contributed by atoms with Crippen LogP contribution < -0.4 is 19.7 Å². The molecule has 3 saturated heterocycles. The average Bonchev–Trinajstić information content (AvgIpc) is 3.97. The third-order valence-corrected chi connectivity index (χ3v) is 14.6. The number of imide groups is 1. The normalized spacial score (nSPS) is 26.3. The molecule has 3 amide bonds. The summed E-state index contributed by atoms with van der Waals surface area (Å²) in [5.41, 5.74) is 1.36. The van der Waals surface area contributed by atoms with Gasteiger partial charge in [-0.1, -0.05) is 19.1 Å². The first kappa shape index (κ1) is 41.6. The number of Topliss-reactive ketones (excluding diaryl/α,β-unsaturated/α-hetero) is 1. The summed E-state index contributed by atoms with van der Waals surface area (Å²) in [6.45, 7) is 3.93. The smallest absolute Gasteiger partial charge is 0.301 e. The van der Waals surface area contributed by atoms with E-state index in [0.717, 1.165) is 54.0 Å². The Kier molecular flexibility index (Phi) is 10.6. The summed E-state index contributed by atoms with van der Waals surface area (Å²) >= 11 is 0. The number of nitrogens with zero attached hydrogens (tertiary/aromatic N) is 4. The molecule has 9 rings (SSSR count). The molecule has 62 heavy (non-hydrogen) atoms. The number of H-pyrrole nitrogens is 1. The van der Waals surface area contributed by atoms with Crippen molar-refractivity contribution in [1.29, 1.82) is 0 Å². The van der Waals surface area contributed by atoms with Crippen molar-refractivity contribution in [3.63, 3.8) is 0 Å². The number of ketones is 1. The molecule has 4 aromatic rings. The number of halogens is 3. The lowest BCUT2D eigenvalue weighted by atomic mass is 9.70. The summed E-state index contributed by atoms with van der Waals surface area (Å²) in [4.78, 5) is 62.5. The number of rotatable bonds is 10. The van der Waals surface area contributed by atoms with Gasteiger partial charge in [0.25, 0.3) is 5.91 Å². The highest BCUT2D eigenvalue weighted by Gasteiger charge is 2.52. The number of allylic oxidation sites excluding steroid dienone is 2. The molecule has 5 atom stereocenters. The monoisotopic (exact) mass is 873 g/mol. The molecule has 4 aliphatic heterocycles. The second-order valence-corrected chi connectivity index (χ2v) is 18.8. The van der Waals surface area contributed by atoms with Crippen LogP contribution >= 0.6 is 0 Å². The highest BCUT2D eigenvalue weighted by atomic mass is 32.2. The van der Waals surface area contributed by atoms with E-state index in [1.165, 1.54) is 18.0 Å². The zero-order valence-corrected chi connectivity index (χ0v) is 34.9. The Bertz CT molecular complexity index is 2630. The average molecular weight is 874 g/mol. The van der Waals surface area contributed by atoms with Gasteiger partial charge >= 0.3 is 10.2 Å². The minimum Gasteiger partial charge on any atom is -0.490 e. The fourth-order valence-corrected chi connectivity index (χ4v) is 10.7. The number of anilines is 1. The van der Waals surface area contributed by atoms with Gasteiger partial charge in [0.1, 0.15) is 47.1 Å². The largest absolute Gasteiger partial charge is 0.490 e. The van der Waals surface area contributed by atoms with Crippen LogP contribution in [-0.4, -0.2) is 101 Å². The van der Waals surface area contributed by atoms with Crippen LogP contribution in [0.1, 0.15) is 78.7 Å². The molecule has 14 nitrogen and oxygen atoms in total. The van der Waals surface area contributed by atoms with Crippen LogP contribution in [0.15, 0.2) is 72.4 Å². The molecule has 3 N–H and O–H groups in total. The highest BCUT2D eigenvalue weighted by molar-refractivity contribution is 7.87. The molecule has 326 valence electrons. The number of benzene rings is 2. The number of hydrogen-bond acceptors (Lipinski definition) is 9. The number of amides is 3. The molecule has 0 radical (unpaired) electrons. The van der Waals surface area contributed by atoms with Crippen molar-refractivity contribution in [2.24, 2.45) is 11.8 Å². The molecule has 3 fully saturated rings. The first-order valence-electron chi connectivity index (χ1n) is 20.9. The van der Waals surface area contributed by atoms with Gasteiger partial charge in [-0.3, -0.25) is 29.2 Å². The number of alkyl halides is 2. The van der Waals surface area contributed by atoms with Gasteiger partial charge in [-0.2, -0.15) is 12.7 Å². The SMILES string of the molecule is CC1CC(NS(=O)(=O)N2CC[C@@H](F)C2)=C(F)C(C(=O)c2c[nH]c3ncc(-c4ccc(N5CCC(Oc6ccc7c(c6)CN(C6CCC(=O)NC6=O)C7=O)CC5)cc4)cc23)C1(C)F. The molecular weight excluding hydrogens is 828 g/mol. The maximum absolute atomic E-state index is 16.4. The van der Waals surface area contributed by atoms with Crippen LogP contribution in [0.4, 0.5) is 18.9 Å². The predicted octanol–water partition coefficient (Wildman–Crippen LogP) is 5.66. The predicted molar refractivity (Wildman–Crippen MR) is 222 cm³/mol. The molecule has 0 saturated carbocycles. The summed E-state index contributed by atoms with van der Waals surface area (Å²) < 4.78 is 81.9. The van der Waals surface area contributed by atoms with Crippen molar-refractivity contribution in [3.05, 3.63) is 89.1 Å². The van der Waals surface area contributed by atoms with Crippen molar-refractivity contribution in [2.45, 2.75) is 82.9 Å². The summed E-state index contributed by atoms with van der Waals surface area (Å²) in [5.74, 6) is -5.30. The van der Waals surface area contributed by atoms with Crippen molar-refractivity contribution in [1.82, 2.24) is 29.2 Å². The Morgan fingerprint density at radius 3 is 2.47 bits per heavy atom. The molecule has 18 heteroatoms. The van der Waals surface area contributed by atoms with Crippen molar-refractivity contribution in [3.8, 4) is 16.9 Å². The first-order valence-corrected chi connectivity index (χ1v) is 22.3. The zero-order valence-electron chi connectivity index (χ0n) is 34.1. The summed E-state index contributed by atoms with van der Waals surface area (Å²) in [7, 11) is -4.33. The second-order valence-electron chi connectivity index (χ2n) is 17.1. The molecule has 5 aliphatic rings. The van der Waals surface area contributed by atoms with E-state index in [1.807, 2.05) is 30.3 Å². The van der Waals surface area contributed by atoms with Gasteiger partial charge in [0, 0.05) is 92.1 Å². The van der Waals surface area contributed by atoms with Gasteiger partial charge in [-0.15, -0.1) is 0 Å². The summed E-state index contributed by atoms with van der Waals surface area (Å²) in [5, 5.41) is 2.68. The van der Waals surface area contributed by atoms with Gasteiger partial charge in [0.05, 0.1) is 5.70 Å². The lowest BCUT2D eigenvalue weighted by Gasteiger charge is -2.39. The molecule has 2 aromatic heterocycles. The summed E-state index contributed by atoms with van der Waals surface area (Å²) in [6, 6.07) is 14.3. The number of fused-ring (bicyclic) bond motifs is 2. The van der Waals surface area contributed by atoms with Crippen LogP contribution in [0.3, 0.4) is 0 Å². The van der Waals surface area contributed by atoms with Crippen LogP contribution in [0.5, 0.6) is 5.75 Å². The maximum Gasteiger partial charge on any atom is 0.301 e. The molecule has 1 aliphatic carbocycles. The number of nitrogens with one attached hydrogen (secondary N) is 3. The third kappa shape index (κ3) is 7.60. The maximum atomic E-state index is 16.4. The quantitative estimate of drug-likeness (QED) is 0.134. The van der Waals surface area contributed by atoms with E-state index >= 15 is 8.78 Å². The molecular formula is C44H46F3N7O7S. The Labute approximate surface area is 356 Å². The number of hydrogen-bond donors (Lipinski definition) is 3. The van der Waals surface area contributed by atoms with E-state index in [2.05, 4.69) is 24.9 Å². The number of carbonyl (C=O) groups excluding carboxylic acids is 4. The van der Waals surface area contributed by atoms with E-state index in [-0.39, 0.29) is 62.4 Å². The second kappa shape index (κ2) is 15.9. The molecule has 4 unspecified atom stereocenters. The lowest BCUT2D eigenvalue weighted by Crippen LogP contribution is -2.52. The van der Waals surface area contributed by atoms with Crippen LogP contribution in [-0.2, 0) is 26.3 Å². The Balaban J connectivity index is 0.853. The number of aromatic amines is 1. The number of ether oxygens (including phenoxy) is 1. The Morgan fingerprint density at radius 1 is 1.00 bits per heavy atom. The van der Waals surface area contributed by atoms with Crippen molar-refractivity contribution in [2.75, 3.05) is 31.1 Å². The van der Waals surface area contributed by atoms with Gasteiger partial charge < -0.3 is 19.5 Å². The number of carbonyl (C=O) groups is 4. The van der Waals surface area contributed by atoms with Crippen LogP contribution in [0.25, 0.3) is 22.2 Å². The van der Waals surface area contributed by atoms with Crippen LogP contribution in [0, 0.1) is 11.8 Å². The van der Waals surface area contributed by atoms with E-state index in [4.69, 9.17) is 4.74 Å². The molecule has 0 bridgehead atoms. The topological polar surface area (TPSA) is 174 Å². The van der Waals surface area contributed by atoms with Crippen molar-refractivity contribution < 1.29 is 45.5 Å². The number of pyridine rings is 1. The summed E-state index contributed by atoms with van der Waals surface area (Å²) in [6.07, 6.45) is 3.33. The Hall–Kier alpha value is -5.75. The highest BCUT2D eigenvalue weighted by Crippen LogP contribution is 2.46. The van der Waals surface area contributed by atoms with Crippen LogP contribution in [0.2, 0.25) is 0 Å². The molecule has 2 aromatic carbocycles.